The van der Waals surface area contributed by atoms with Crippen molar-refractivity contribution in [1.82, 2.24) is 19.9 Å². The number of aryl methyl sites for hydroxylation is 2. The Hall–Kier alpha value is -2.57. The van der Waals surface area contributed by atoms with Gasteiger partial charge in [0.1, 0.15) is 23.4 Å². The largest absolute Gasteiger partial charge is 0.263 e. The van der Waals surface area contributed by atoms with E-state index in [4.69, 9.17) is 0 Å². The molecule has 4 nitrogen and oxygen atoms in total. The first-order chi connectivity index (χ1) is 10.5. The van der Waals surface area contributed by atoms with Crippen LogP contribution in [0.1, 0.15) is 23.4 Å². The highest BCUT2D eigenvalue weighted by molar-refractivity contribution is 5.86. The van der Waals surface area contributed by atoms with E-state index in [2.05, 4.69) is 19.9 Å². The van der Waals surface area contributed by atoms with Crippen LogP contribution < -0.4 is 0 Å². The summed E-state index contributed by atoms with van der Waals surface area (Å²) >= 11 is 0. The summed E-state index contributed by atoms with van der Waals surface area (Å²) in [4.78, 5) is 16.7. The maximum absolute atomic E-state index is 14.2. The van der Waals surface area contributed by atoms with Gasteiger partial charge in [-0.3, -0.25) is 0 Å². The van der Waals surface area contributed by atoms with Crippen molar-refractivity contribution in [3.05, 3.63) is 47.3 Å². The Morgan fingerprint density at radius 3 is 2.41 bits per heavy atom. The molecule has 0 aliphatic carbocycles. The van der Waals surface area contributed by atoms with Crippen molar-refractivity contribution in [3.63, 3.8) is 0 Å². The van der Waals surface area contributed by atoms with Gasteiger partial charge in [0.15, 0.2) is 5.65 Å². The van der Waals surface area contributed by atoms with Gasteiger partial charge in [0.05, 0.1) is 11.4 Å². The molecule has 0 unspecified atom stereocenters. The molecule has 1 aromatic carbocycles. The first-order valence-electron chi connectivity index (χ1n) is 6.51. The number of halogens is 3. The van der Waals surface area contributed by atoms with Gasteiger partial charge in [-0.1, -0.05) is 6.07 Å². The molecule has 0 aliphatic heterocycles. The summed E-state index contributed by atoms with van der Waals surface area (Å²) in [5.74, 6) is -0.780. The molecular formula is C15H11F3N4. The molecule has 2 heterocycles. The van der Waals surface area contributed by atoms with Gasteiger partial charge < -0.3 is 0 Å². The topological polar surface area (TPSA) is 51.6 Å². The standard InChI is InChI=1S/C15H11F3N4/c1-7-8(2)22-15-13(21-7)12(19-6-20-15)10-4-3-9(14(17)18)5-11(10)16/h3-6,14H,1-2H3. The van der Waals surface area contributed by atoms with Gasteiger partial charge in [0.25, 0.3) is 6.43 Å². The second-order valence-corrected chi connectivity index (χ2v) is 4.83. The minimum absolute atomic E-state index is 0.0920. The zero-order chi connectivity index (χ0) is 15.9. The van der Waals surface area contributed by atoms with Crippen LogP contribution in [-0.4, -0.2) is 19.9 Å². The lowest BCUT2D eigenvalue weighted by atomic mass is 10.1. The highest BCUT2D eigenvalue weighted by Gasteiger charge is 2.16. The number of aromatic nitrogens is 4. The van der Waals surface area contributed by atoms with Gasteiger partial charge in [0.2, 0.25) is 0 Å². The molecule has 0 atom stereocenters. The number of fused-ring (bicyclic) bond motifs is 1. The Balaban J connectivity index is 2.24. The number of benzene rings is 1. The van der Waals surface area contributed by atoms with E-state index in [1.165, 1.54) is 18.5 Å². The van der Waals surface area contributed by atoms with Crippen molar-refractivity contribution in [2.24, 2.45) is 0 Å². The number of rotatable bonds is 2. The van der Waals surface area contributed by atoms with Crippen molar-refractivity contribution >= 4 is 11.2 Å². The van der Waals surface area contributed by atoms with Crippen molar-refractivity contribution in [1.29, 1.82) is 0 Å². The van der Waals surface area contributed by atoms with E-state index in [-0.39, 0.29) is 16.8 Å². The Morgan fingerprint density at radius 1 is 1.00 bits per heavy atom. The number of nitrogens with zero attached hydrogens (tertiary/aromatic N) is 4. The van der Waals surface area contributed by atoms with E-state index in [0.717, 1.165) is 6.07 Å². The summed E-state index contributed by atoms with van der Waals surface area (Å²) in [6.45, 7) is 3.57. The molecule has 0 bridgehead atoms. The van der Waals surface area contributed by atoms with Crippen molar-refractivity contribution in [2.45, 2.75) is 20.3 Å². The molecule has 2 aromatic heterocycles. The van der Waals surface area contributed by atoms with E-state index < -0.39 is 12.2 Å². The molecule has 0 saturated heterocycles. The van der Waals surface area contributed by atoms with E-state index in [1.807, 2.05) is 0 Å². The molecule has 0 N–H and O–H groups in total. The van der Waals surface area contributed by atoms with Crippen LogP contribution in [-0.2, 0) is 0 Å². The summed E-state index contributed by atoms with van der Waals surface area (Å²) < 4.78 is 39.4. The minimum Gasteiger partial charge on any atom is -0.246 e. The highest BCUT2D eigenvalue weighted by Crippen LogP contribution is 2.29. The molecule has 0 radical (unpaired) electrons. The Morgan fingerprint density at radius 2 is 1.73 bits per heavy atom. The SMILES string of the molecule is Cc1nc2ncnc(-c3ccc(C(F)F)cc3F)c2nc1C. The fourth-order valence-electron chi connectivity index (χ4n) is 2.10. The van der Waals surface area contributed by atoms with E-state index in [1.54, 1.807) is 13.8 Å². The predicted molar refractivity (Wildman–Crippen MR) is 75.0 cm³/mol. The molecule has 0 amide bonds. The van der Waals surface area contributed by atoms with Crippen LogP contribution in [0.2, 0.25) is 0 Å². The summed E-state index contributed by atoms with van der Waals surface area (Å²) in [6.07, 6.45) is -1.47. The maximum Gasteiger partial charge on any atom is 0.263 e. The van der Waals surface area contributed by atoms with Crippen molar-refractivity contribution < 1.29 is 13.2 Å². The summed E-state index contributed by atoms with van der Waals surface area (Å²) in [5.41, 5.74) is 2.02. The molecule has 0 spiro atoms. The third-order valence-electron chi connectivity index (χ3n) is 3.38. The predicted octanol–water partition coefficient (Wildman–Crippen LogP) is 3.78. The van der Waals surface area contributed by atoms with Crippen LogP contribution in [0, 0.1) is 19.7 Å². The minimum atomic E-state index is -2.73. The molecule has 7 heteroatoms. The number of alkyl halides is 2. The average Bonchev–Trinajstić information content (AvgIpc) is 2.48. The molecule has 0 saturated carbocycles. The molecular weight excluding hydrogens is 293 g/mol. The molecule has 0 fully saturated rings. The second kappa shape index (κ2) is 5.32. The van der Waals surface area contributed by atoms with E-state index in [0.29, 0.717) is 22.6 Å². The third kappa shape index (κ3) is 2.38. The lowest BCUT2D eigenvalue weighted by Gasteiger charge is -2.08. The van der Waals surface area contributed by atoms with Gasteiger partial charge in [-0.2, -0.15) is 0 Å². The molecule has 3 aromatic rings. The molecule has 22 heavy (non-hydrogen) atoms. The Kier molecular flexibility index (Phi) is 3.48. The van der Waals surface area contributed by atoms with Crippen LogP contribution in [0.15, 0.2) is 24.5 Å². The Labute approximate surface area is 124 Å². The lowest BCUT2D eigenvalue weighted by molar-refractivity contribution is 0.151. The summed E-state index contributed by atoms with van der Waals surface area (Å²) in [5, 5.41) is 0. The lowest BCUT2D eigenvalue weighted by Crippen LogP contribution is -2.00. The fraction of sp³-hybridized carbons (Fsp3) is 0.200. The quantitative estimate of drug-likeness (QED) is 0.723. The average molecular weight is 304 g/mol. The van der Waals surface area contributed by atoms with Crippen LogP contribution >= 0.6 is 0 Å². The maximum atomic E-state index is 14.2. The zero-order valence-corrected chi connectivity index (χ0v) is 11.8. The van der Waals surface area contributed by atoms with Crippen LogP contribution in [0.25, 0.3) is 22.4 Å². The first kappa shape index (κ1) is 14.4. The first-order valence-corrected chi connectivity index (χ1v) is 6.51. The van der Waals surface area contributed by atoms with Crippen molar-refractivity contribution in [3.8, 4) is 11.3 Å². The van der Waals surface area contributed by atoms with E-state index >= 15 is 0 Å². The Bertz CT molecular complexity index is 865. The fourth-order valence-corrected chi connectivity index (χ4v) is 2.10. The monoisotopic (exact) mass is 304 g/mol. The van der Waals surface area contributed by atoms with Crippen LogP contribution in [0.4, 0.5) is 13.2 Å². The molecule has 0 aliphatic rings. The number of hydrogen-bond acceptors (Lipinski definition) is 4. The molecule has 3 rings (SSSR count). The number of hydrogen-bond donors (Lipinski definition) is 0. The summed E-state index contributed by atoms with van der Waals surface area (Å²) in [7, 11) is 0. The highest BCUT2D eigenvalue weighted by atomic mass is 19.3. The normalized spacial score (nSPS) is 11.4. The zero-order valence-electron chi connectivity index (χ0n) is 11.8. The van der Waals surface area contributed by atoms with Crippen molar-refractivity contribution in [2.75, 3.05) is 0 Å². The smallest absolute Gasteiger partial charge is 0.246 e. The van der Waals surface area contributed by atoms with E-state index in [9.17, 15) is 13.2 Å². The second-order valence-electron chi connectivity index (χ2n) is 4.83. The van der Waals surface area contributed by atoms with Gasteiger partial charge >= 0.3 is 0 Å². The molecule has 112 valence electrons. The third-order valence-corrected chi connectivity index (χ3v) is 3.38. The van der Waals surface area contributed by atoms with Gasteiger partial charge in [-0.05, 0) is 26.0 Å². The summed E-state index contributed by atoms with van der Waals surface area (Å²) in [6, 6.07) is 3.25. The van der Waals surface area contributed by atoms with Gasteiger partial charge in [0, 0.05) is 11.1 Å². The van der Waals surface area contributed by atoms with Gasteiger partial charge in [-0.25, -0.2) is 33.1 Å². The van der Waals surface area contributed by atoms with Crippen LogP contribution in [0.5, 0.6) is 0 Å². The van der Waals surface area contributed by atoms with Gasteiger partial charge in [-0.15, -0.1) is 0 Å². The van der Waals surface area contributed by atoms with Crippen LogP contribution in [0.3, 0.4) is 0 Å².